The molecule has 0 saturated carbocycles. The third-order valence-corrected chi connectivity index (χ3v) is 9.83. The van der Waals surface area contributed by atoms with Crippen LogP contribution >= 0.6 is 0 Å². The lowest BCUT2D eigenvalue weighted by Crippen LogP contribution is -2.32. The van der Waals surface area contributed by atoms with Crippen molar-refractivity contribution < 1.29 is 31.0 Å². The molecular weight excluding hydrogens is 791 g/mol. The van der Waals surface area contributed by atoms with E-state index in [2.05, 4.69) is 61.8 Å². The molecule has 58 heavy (non-hydrogen) atoms. The Morgan fingerprint density at radius 3 is 1.24 bits per heavy atom. The zero-order valence-electron chi connectivity index (χ0n) is 30.9. The third-order valence-electron chi connectivity index (χ3n) is 8.01. The molecule has 0 fully saturated rings. The molecule has 0 saturated heterocycles. The molecule has 1 atom stereocenters. The minimum atomic E-state index is -4.84. The molecule has 2 heterocycles. The second kappa shape index (κ2) is 16.7. The first-order chi connectivity index (χ1) is 27.5. The number of benzene rings is 4. The first kappa shape index (κ1) is 40.8. The van der Waals surface area contributed by atoms with Crippen LogP contribution in [-0.2, 0) is 26.0 Å². The van der Waals surface area contributed by atoms with Crippen LogP contribution in [0.3, 0.4) is 0 Å². The third kappa shape index (κ3) is 10.5. The van der Waals surface area contributed by atoms with Gasteiger partial charge in [0.2, 0.25) is 35.7 Å². The maximum Gasteiger partial charge on any atom is 0.295 e. The Bertz CT molecular complexity index is 2700. The van der Waals surface area contributed by atoms with E-state index >= 15 is 0 Å². The van der Waals surface area contributed by atoms with Crippen molar-refractivity contribution in [2.24, 2.45) is 5.73 Å². The van der Waals surface area contributed by atoms with Gasteiger partial charge in [-0.15, -0.1) is 0 Å². The number of nitrogens with two attached hydrogens (primary N) is 1. The highest BCUT2D eigenvalue weighted by Gasteiger charge is 2.20. The van der Waals surface area contributed by atoms with Gasteiger partial charge in [0.05, 0.1) is 0 Å². The van der Waals surface area contributed by atoms with E-state index in [9.17, 15) is 31.0 Å². The van der Waals surface area contributed by atoms with Gasteiger partial charge in [-0.25, -0.2) is 0 Å². The average Bonchev–Trinajstić information content (AvgIpc) is 3.17. The summed E-state index contributed by atoms with van der Waals surface area (Å²) in [7, 11) is -6.46. The predicted octanol–water partition coefficient (Wildman–Crippen LogP) is 4.90. The van der Waals surface area contributed by atoms with E-state index in [1.165, 1.54) is 43.3 Å². The Balaban J connectivity index is 1.25. The normalized spacial score (nSPS) is 12.7. The quantitative estimate of drug-likeness (QED) is 0.0374. The number of aromatic nitrogens is 6. The van der Waals surface area contributed by atoms with Gasteiger partial charge in [-0.2, -0.15) is 46.7 Å². The van der Waals surface area contributed by atoms with E-state index in [1.54, 1.807) is 38.4 Å². The van der Waals surface area contributed by atoms with Gasteiger partial charge in [-0.3, -0.25) is 9.11 Å². The highest BCUT2D eigenvalue weighted by Crippen LogP contribution is 2.29. The summed E-state index contributed by atoms with van der Waals surface area (Å²) in [5.41, 5.74) is 6.30. The number of nitrogens with one attached hydrogen (secondary N) is 6. The first-order valence-corrected chi connectivity index (χ1v) is 19.9. The van der Waals surface area contributed by atoms with Crippen molar-refractivity contribution in [1.29, 1.82) is 0 Å². The molecule has 0 bridgehead atoms. The Labute approximate surface area is 332 Å². The van der Waals surface area contributed by atoms with Crippen molar-refractivity contribution in [2.45, 2.75) is 22.4 Å². The Kier molecular flexibility index (Phi) is 11.8. The van der Waals surface area contributed by atoms with Crippen LogP contribution < -0.4 is 37.6 Å². The van der Waals surface area contributed by atoms with E-state index in [0.29, 0.717) is 16.9 Å². The van der Waals surface area contributed by atoms with Gasteiger partial charge >= 0.3 is 0 Å². The van der Waals surface area contributed by atoms with Gasteiger partial charge in [-0.05, 0) is 72.1 Å². The molecule has 0 radical (unpaired) electrons. The number of aliphatic hydroxyl groups is 1. The topological polar surface area (TPSA) is 305 Å². The van der Waals surface area contributed by atoms with Crippen LogP contribution in [0.1, 0.15) is 23.6 Å². The molecule has 0 aliphatic carbocycles. The smallest absolute Gasteiger partial charge is 0.295 e. The number of rotatable bonds is 15. The number of hydrogen-bond donors (Lipinski definition) is 10. The number of nitrogens with zero attached hydrogens (tertiary/aromatic N) is 6. The van der Waals surface area contributed by atoms with E-state index in [-0.39, 0.29) is 58.2 Å². The van der Waals surface area contributed by atoms with Crippen LogP contribution in [0.2, 0.25) is 0 Å². The predicted molar refractivity (Wildman–Crippen MR) is 220 cm³/mol. The molecule has 22 heteroatoms. The molecule has 6 rings (SSSR count). The van der Waals surface area contributed by atoms with Crippen molar-refractivity contribution in [3.8, 4) is 0 Å². The Morgan fingerprint density at radius 2 is 0.879 bits per heavy atom. The van der Waals surface area contributed by atoms with Gasteiger partial charge < -0.3 is 42.7 Å². The SMILES string of the molecule is CNc1nc(Nc2ccccc2)nc(Nc2ccc(/C=C/c3ccc(Nc4nc(NC)nc(Nc5ccc(C(C)(N)O)cc5)n4)cc3S(=O)(=O)O)c(S(=O)(=O)O)c2)n1. The summed E-state index contributed by atoms with van der Waals surface area (Å²) in [5.74, 6) is 0.727. The second-order valence-electron chi connectivity index (χ2n) is 12.5. The van der Waals surface area contributed by atoms with E-state index in [1.807, 2.05) is 30.3 Å². The van der Waals surface area contributed by atoms with Crippen molar-refractivity contribution in [1.82, 2.24) is 29.9 Å². The van der Waals surface area contributed by atoms with Crippen molar-refractivity contribution in [3.05, 3.63) is 108 Å². The molecule has 11 N–H and O–H groups in total. The van der Waals surface area contributed by atoms with Crippen LogP contribution in [-0.4, -0.2) is 75.0 Å². The Hall–Kier alpha value is -6.82. The molecule has 0 spiro atoms. The standard InChI is InChI=1S/C36H37N13O7S2/c1-36(37,50)23-13-17-25(18-14-23)41-33-45-31(39-3)47-35(49-33)43-27-16-12-22(29(20-27)58(54,55)56)10-9-21-11-15-26(19-28(21)57(51,52)53)42-34-46-30(38-2)44-32(48-34)40-24-7-5-4-6-8-24/h4-20,50H,37H2,1-3H3,(H,51,52,53)(H,54,55,56)(H3,38,40,42,44,46,48)(H3,39,41,43,45,47,49)/b10-9+. The molecular formula is C36H37N13O7S2. The lowest BCUT2D eigenvalue weighted by Gasteiger charge is -2.18. The molecule has 1 unspecified atom stereocenters. The molecule has 4 aromatic carbocycles. The summed E-state index contributed by atoms with van der Waals surface area (Å²) in [6.45, 7) is 1.45. The molecule has 0 aliphatic heterocycles. The summed E-state index contributed by atoms with van der Waals surface area (Å²) < 4.78 is 70.6. The number of para-hydroxylation sites is 1. The largest absolute Gasteiger partial charge is 0.372 e. The molecule has 20 nitrogen and oxygen atoms in total. The fourth-order valence-corrected chi connectivity index (χ4v) is 6.67. The van der Waals surface area contributed by atoms with E-state index < -0.39 is 35.8 Å². The van der Waals surface area contributed by atoms with Gasteiger partial charge in [0, 0.05) is 36.8 Å². The van der Waals surface area contributed by atoms with Crippen LogP contribution in [0.4, 0.5) is 58.4 Å². The number of anilines is 10. The molecule has 2 aromatic heterocycles. The fourth-order valence-electron chi connectivity index (χ4n) is 5.25. The maximum absolute atomic E-state index is 12.6. The van der Waals surface area contributed by atoms with Gasteiger partial charge in [-0.1, -0.05) is 54.6 Å². The summed E-state index contributed by atoms with van der Waals surface area (Å²) in [4.78, 5) is 24.7. The summed E-state index contributed by atoms with van der Waals surface area (Å²) >= 11 is 0. The molecule has 0 aliphatic rings. The van der Waals surface area contributed by atoms with Crippen LogP contribution in [0.15, 0.2) is 101 Å². The van der Waals surface area contributed by atoms with Crippen LogP contribution in [0.5, 0.6) is 0 Å². The monoisotopic (exact) mass is 827 g/mol. The number of hydrogen-bond acceptors (Lipinski definition) is 18. The molecule has 300 valence electrons. The maximum atomic E-state index is 12.6. The highest BCUT2D eigenvalue weighted by atomic mass is 32.2. The second-order valence-corrected chi connectivity index (χ2v) is 15.3. The first-order valence-electron chi connectivity index (χ1n) is 17.0. The summed E-state index contributed by atoms with van der Waals surface area (Å²) in [6.07, 6.45) is 2.52. The van der Waals surface area contributed by atoms with E-state index in [0.717, 1.165) is 12.1 Å². The van der Waals surface area contributed by atoms with Crippen molar-refractivity contribution in [2.75, 3.05) is 46.0 Å². The van der Waals surface area contributed by atoms with Crippen molar-refractivity contribution >= 4 is 90.8 Å². The van der Waals surface area contributed by atoms with Gasteiger partial charge in [0.15, 0.2) is 0 Å². The zero-order valence-corrected chi connectivity index (χ0v) is 32.5. The lowest BCUT2D eigenvalue weighted by atomic mass is 10.1. The van der Waals surface area contributed by atoms with Gasteiger partial charge in [0.25, 0.3) is 20.2 Å². The lowest BCUT2D eigenvalue weighted by molar-refractivity contribution is 0.0647. The average molecular weight is 828 g/mol. The molecule has 6 aromatic rings. The highest BCUT2D eigenvalue weighted by molar-refractivity contribution is 7.86. The minimum absolute atomic E-state index is 0.00228. The van der Waals surface area contributed by atoms with Gasteiger partial charge in [0.1, 0.15) is 15.5 Å². The summed E-state index contributed by atoms with van der Waals surface area (Å²) in [6, 6.07) is 23.7. The van der Waals surface area contributed by atoms with Crippen molar-refractivity contribution in [3.63, 3.8) is 0 Å². The van der Waals surface area contributed by atoms with Crippen LogP contribution in [0.25, 0.3) is 12.2 Å². The zero-order chi connectivity index (χ0) is 41.7. The molecule has 0 amide bonds. The van der Waals surface area contributed by atoms with Crippen LogP contribution in [0, 0.1) is 0 Å². The minimum Gasteiger partial charge on any atom is -0.372 e. The van der Waals surface area contributed by atoms with E-state index in [4.69, 9.17) is 5.73 Å². The summed E-state index contributed by atoms with van der Waals surface area (Å²) in [5, 5.41) is 27.6. The Morgan fingerprint density at radius 1 is 0.534 bits per heavy atom. The fraction of sp³-hybridized carbons (Fsp3) is 0.111.